The van der Waals surface area contributed by atoms with E-state index < -0.39 is 0 Å². The van der Waals surface area contributed by atoms with E-state index in [-0.39, 0.29) is 5.54 Å². The number of hydrogen-bond acceptors (Lipinski definition) is 4. The number of tetrazole rings is 1. The Bertz CT molecular complexity index is 780. The molecule has 0 radical (unpaired) electrons. The number of rotatable bonds is 3. The molecular weight excluding hydrogens is 310 g/mol. The van der Waals surface area contributed by atoms with Gasteiger partial charge in [0.2, 0.25) is 0 Å². The van der Waals surface area contributed by atoms with Crippen LogP contribution in [0.25, 0.3) is 5.69 Å². The van der Waals surface area contributed by atoms with Crippen molar-refractivity contribution in [1.82, 2.24) is 20.2 Å². The number of hydrogen-bond donors (Lipinski definition) is 1. The Labute approximate surface area is 149 Å². The molecule has 4 fully saturated rings. The first-order valence-electron chi connectivity index (χ1n) is 9.77. The van der Waals surface area contributed by atoms with Crippen molar-refractivity contribution in [3.63, 3.8) is 0 Å². The minimum absolute atomic E-state index is 0.371. The van der Waals surface area contributed by atoms with Gasteiger partial charge in [-0.15, -0.1) is 5.10 Å². The molecule has 4 bridgehead atoms. The highest BCUT2D eigenvalue weighted by Gasteiger charge is 2.58. The number of para-hydroxylation sites is 1. The molecule has 5 heteroatoms. The molecule has 0 atom stereocenters. The summed E-state index contributed by atoms with van der Waals surface area (Å²) in [4.78, 5) is 0. The lowest BCUT2D eigenvalue weighted by atomic mass is 9.48. The van der Waals surface area contributed by atoms with Crippen LogP contribution in [0.15, 0.2) is 18.2 Å². The highest BCUT2D eigenvalue weighted by molar-refractivity contribution is 5.48. The molecule has 4 aliphatic carbocycles. The zero-order valence-corrected chi connectivity index (χ0v) is 15.2. The Morgan fingerprint density at radius 2 is 1.80 bits per heavy atom. The van der Waals surface area contributed by atoms with Gasteiger partial charge < -0.3 is 5.73 Å². The minimum atomic E-state index is -0.371. The Morgan fingerprint density at radius 1 is 1.12 bits per heavy atom. The number of benzene rings is 1. The lowest BCUT2D eigenvalue weighted by molar-refractivity contribution is -0.0633. The molecule has 25 heavy (non-hydrogen) atoms. The molecule has 0 saturated heterocycles. The van der Waals surface area contributed by atoms with Gasteiger partial charge in [-0.2, -0.15) is 4.68 Å². The van der Waals surface area contributed by atoms with Gasteiger partial charge >= 0.3 is 0 Å². The van der Waals surface area contributed by atoms with E-state index in [4.69, 9.17) is 5.73 Å². The molecule has 2 N–H and O–H groups in total. The summed E-state index contributed by atoms with van der Waals surface area (Å²) in [6, 6.07) is 6.43. The molecule has 0 spiro atoms. The van der Waals surface area contributed by atoms with Crippen molar-refractivity contribution in [2.75, 3.05) is 0 Å². The van der Waals surface area contributed by atoms with Crippen molar-refractivity contribution < 1.29 is 0 Å². The van der Waals surface area contributed by atoms with Crippen LogP contribution in [0.5, 0.6) is 0 Å². The van der Waals surface area contributed by atoms with E-state index in [1.807, 2.05) is 4.68 Å². The second kappa shape index (κ2) is 5.37. The third-order valence-corrected chi connectivity index (χ3v) is 7.26. The fourth-order valence-corrected chi connectivity index (χ4v) is 6.25. The molecule has 4 saturated carbocycles. The van der Waals surface area contributed by atoms with Gasteiger partial charge in [0, 0.05) is 0 Å². The Kier molecular flexibility index (Phi) is 3.33. The predicted molar refractivity (Wildman–Crippen MR) is 96.2 cm³/mol. The van der Waals surface area contributed by atoms with Crippen LogP contribution in [0, 0.1) is 30.6 Å². The molecule has 4 aliphatic rings. The van der Waals surface area contributed by atoms with E-state index in [0.717, 1.165) is 29.8 Å². The van der Waals surface area contributed by atoms with Crippen molar-refractivity contribution in [1.29, 1.82) is 0 Å². The number of nitrogens with zero attached hydrogens (tertiary/aromatic N) is 4. The summed E-state index contributed by atoms with van der Waals surface area (Å²) in [5.74, 6) is 3.72. The first-order valence-corrected chi connectivity index (χ1v) is 9.77. The van der Waals surface area contributed by atoms with Gasteiger partial charge in [-0.3, -0.25) is 0 Å². The zero-order valence-electron chi connectivity index (χ0n) is 15.2. The van der Waals surface area contributed by atoms with Crippen LogP contribution >= 0.6 is 0 Å². The van der Waals surface area contributed by atoms with Crippen LogP contribution in [0.3, 0.4) is 0 Å². The first kappa shape index (κ1) is 15.5. The second-order valence-corrected chi connectivity index (χ2v) is 8.59. The average Bonchev–Trinajstić information content (AvgIpc) is 3.08. The lowest BCUT2D eigenvalue weighted by Crippen LogP contribution is -2.61. The molecule has 1 aromatic heterocycles. The summed E-state index contributed by atoms with van der Waals surface area (Å²) >= 11 is 0. The quantitative estimate of drug-likeness (QED) is 0.934. The number of aryl methyl sites for hydroxylation is 2. The number of aromatic nitrogens is 4. The first-order chi connectivity index (χ1) is 12.1. The van der Waals surface area contributed by atoms with Crippen molar-refractivity contribution >= 4 is 0 Å². The van der Waals surface area contributed by atoms with Gasteiger partial charge in [0.25, 0.3) is 0 Å². The maximum absolute atomic E-state index is 7.17. The summed E-state index contributed by atoms with van der Waals surface area (Å²) in [6.07, 6.45) is 7.40. The summed E-state index contributed by atoms with van der Waals surface area (Å²) in [5.41, 5.74) is 10.4. The molecule has 6 rings (SSSR count). The summed E-state index contributed by atoms with van der Waals surface area (Å²) < 4.78 is 1.97. The molecule has 132 valence electrons. The van der Waals surface area contributed by atoms with Gasteiger partial charge in [0.15, 0.2) is 5.82 Å². The lowest BCUT2D eigenvalue weighted by Gasteiger charge is -2.58. The maximum Gasteiger partial charge on any atom is 0.177 e. The predicted octanol–water partition coefficient (Wildman–Crippen LogP) is 3.14. The van der Waals surface area contributed by atoms with E-state index in [2.05, 4.69) is 47.6 Å². The van der Waals surface area contributed by atoms with E-state index in [9.17, 15) is 0 Å². The largest absolute Gasteiger partial charge is 0.318 e. The van der Waals surface area contributed by atoms with Crippen LogP contribution in [0.2, 0.25) is 0 Å². The van der Waals surface area contributed by atoms with E-state index in [1.165, 1.54) is 43.2 Å². The molecular formula is C20H27N5. The van der Waals surface area contributed by atoms with Gasteiger partial charge in [-0.25, -0.2) is 0 Å². The SMILES string of the molecule is CCc1cccc(C)c1-n1nnnc1C1(N)C2CC3CC(C2)CC1C3. The second-order valence-electron chi connectivity index (χ2n) is 8.59. The molecule has 1 heterocycles. The minimum Gasteiger partial charge on any atom is -0.318 e. The fraction of sp³-hybridized carbons (Fsp3) is 0.650. The molecule has 5 nitrogen and oxygen atoms in total. The summed E-state index contributed by atoms with van der Waals surface area (Å²) in [5, 5.41) is 13.0. The monoisotopic (exact) mass is 337 g/mol. The standard InChI is InChI=1S/C20H27N5/c1-3-15-6-4-5-12(2)18(15)25-19(22-23-24-25)20(21)16-8-13-7-14(10-16)11-17(20)9-13/h4-6,13-14,16-17H,3,7-11,21H2,1-2H3. The Hall–Kier alpha value is -1.75. The third-order valence-electron chi connectivity index (χ3n) is 7.26. The zero-order chi connectivity index (χ0) is 17.2. The topological polar surface area (TPSA) is 69.6 Å². The third kappa shape index (κ3) is 2.08. The summed E-state index contributed by atoms with van der Waals surface area (Å²) in [7, 11) is 0. The molecule has 0 unspecified atom stereocenters. The highest BCUT2D eigenvalue weighted by Crippen LogP contribution is 2.60. The Balaban J connectivity index is 1.65. The van der Waals surface area contributed by atoms with Gasteiger partial charge in [0.05, 0.1) is 11.2 Å². The fourth-order valence-electron chi connectivity index (χ4n) is 6.25. The normalized spacial score (nSPS) is 36.1. The number of nitrogens with two attached hydrogens (primary N) is 1. The van der Waals surface area contributed by atoms with Crippen LogP contribution in [-0.4, -0.2) is 20.2 Å². The van der Waals surface area contributed by atoms with Gasteiger partial charge in [-0.1, -0.05) is 25.1 Å². The van der Waals surface area contributed by atoms with E-state index in [1.54, 1.807) is 0 Å². The molecule has 0 amide bonds. The van der Waals surface area contributed by atoms with Crippen molar-refractivity contribution in [3.05, 3.63) is 35.2 Å². The van der Waals surface area contributed by atoms with E-state index in [0.29, 0.717) is 11.8 Å². The molecule has 0 aliphatic heterocycles. The smallest absolute Gasteiger partial charge is 0.177 e. The molecule has 1 aromatic carbocycles. The highest BCUT2D eigenvalue weighted by atomic mass is 15.6. The van der Waals surface area contributed by atoms with Crippen molar-refractivity contribution in [2.45, 2.75) is 57.9 Å². The maximum atomic E-state index is 7.17. The van der Waals surface area contributed by atoms with Crippen LogP contribution in [0.4, 0.5) is 0 Å². The summed E-state index contributed by atoms with van der Waals surface area (Å²) in [6.45, 7) is 4.32. The van der Waals surface area contributed by atoms with Crippen LogP contribution in [0.1, 0.15) is 56.0 Å². The van der Waals surface area contributed by atoms with Crippen molar-refractivity contribution in [3.8, 4) is 5.69 Å². The van der Waals surface area contributed by atoms with E-state index >= 15 is 0 Å². The molecule has 2 aromatic rings. The Morgan fingerprint density at radius 3 is 2.44 bits per heavy atom. The average molecular weight is 337 g/mol. The van der Waals surface area contributed by atoms with Gasteiger partial charge in [-0.05, 0) is 90.7 Å². The van der Waals surface area contributed by atoms with Gasteiger partial charge in [0.1, 0.15) is 0 Å². The van der Waals surface area contributed by atoms with Crippen LogP contribution in [-0.2, 0) is 12.0 Å². The van der Waals surface area contributed by atoms with Crippen LogP contribution < -0.4 is 5.73 Å². The van der Waals surface area contributed by atoms with Crippen molar-refractivity contribution in [2.24, 2.45) is 29.4 Å².